The molecule has 0 amide bonds. The van der Waals surface area contributed by atoms with Crippen molar-refractivity contribution >= 4 is 28.2 Å². The van der Waals surface area contributed by atoms with E-state index in [-0.39, 0.29) is 0 Å². The minimum absolute atomic E-state index is 0.976. The van der Waals surface area contributed by atoms with Crippen molar-refractivity contribution < 1.29 is 8.85 Å². The van der Waals surface area contributed by atoms with Crippen molar-refractivity contribution in [2.45, 2.75) is 51.1 Å². The SMILES string of the molecule is C[Si]1(C)CCC=C(c2[c]cc[c]c2C2=CCC[Si](C)(C)O2)O1. The molecule has 0 N–H and O–H groups in total. The molecule has 0 fully saturated rings. The molecular formula is C18H24O2Si2. The van der Waals surface area contributed by atoms with Gasteiger partial charge in [-0.25, -0.2) is 0 Å². The van der Waals surface area contributed by atoms with E-state index >= 15 is 0 Å². The average molecular weight is 329 g/mol. The van der Waals surface area contributed by atoms with Crippen molar-refractivity contribution in [3.63, 3.8) is 0 Å². The molecule has 0 bridgehead atoms. The van der Waals surface area contributed by atoms with E-state index < -0.39 is 16.6 Å². The Morgan fingerprint density at radius 3 is 1.55 bits per heavy atom. The lowest BCUT2D eigenvalue weighted by molar-refractivity contribution is 0.481. The molecule has 2 aliphatic heterocycles. The van der Waals surface area contributed by atoms with Crippen LogP contribution in [0.5, 0.6) is 0 Å². The molecule has 0 saturated heterocycles. The lowest BCUT2D eigenvalue weighted by Crippen LogP contribution is -2.32. The molecule has 2 aliphatic rings. The molecule has 4 heteroatoms. The van der Waals surface area contributed by atoms with Crippen molar-refractivity contribution in [2.24, 2.45) is 0 Å². The highest BCUT2D eigenvalue weighted by molar-refractivity contribution is 6.72. The fourth-order valence-corrected chi connectivity index (χ4v) is 6.42. The summed E-state index contributed by atoms with van der Waals surface area (Å²) in [5, 5.41) is 0. The first-order chi connectivity index (χ1) is 10.4. The van der Waals surface area contributed by atoms with Gasteiger partial charge in [-0.15, -0.1) is 0 Å². The summed E-state index contributed by atoms with van der Waals surface area (Å²) in [4.78, 5) is 0. The highest BCUT2D eigenvalue weighted by Gasteiger charge is 2.32. The Hall–Kier alpha value is -1.27. The smallest absolute Gasteiger partial charge is 0.245 e. The average Bonchev–Trinajstić information content (AvgIpc) is 2.45. The second kappa shape index (κ2) is 5.74. The van der Waals surface area contributed by atoms with Crippen LogP contribution in [0.1, 0.15) is 24.0 Å². The Bertz CT molecular complexity index is 575. The zero-order valence-corrected chi connectivity index (χ0v) is 16.0. The van der Waals surface area contributed by atoms with Gasteiger partial charge in [0.25, 0.3) is 0 Å². The van der Waals surface area contributed by atoms with Crippen molar-refractivity contribution in [1.29, 1.82) is 0 Å². The van der Waals surface area contributed by atoms with Gasteiger partial charge in [-0.05, 0) is 75.4 Å². The first-order valence-corrected chi connectivity index (χ1v) is 14.3. The molecule has 1 aromatic rings. The Kier molecular flexibility index (Phi) is 4.08. The second-order valence-corrected chi connectivity index (χ2v) is 15.8. The molecule has 116 valence electrons. The van der Waals surface area contributed by atoms with Gasteiger partial charge in [-0.2, -0.15) is 0 Å². The molecule has 0 unspecified atom stereocenters. The molecular weight excluding hydrogens is 304 g/mol. The molecule has 0 aromatic heterocycles. The second-order valence-electron chi connectivity index (χ2n) is 7.31. The van der Waals surface area contributed by atoms with Crippen LogP contribution in [0.4, 0.5) is 0 Å². The van der Waals surface area contributed by atoms with Crippen LogP contribution >= 0.6 is 0 Å². The first-order valence-electron chi connectivity index (χ1n) is 8.08. The quantitative estimate of drug-likeness (QED) is 0.693. The van der Waals surface area contributed by atoms with E-state index in [1.54, 1.807) is 0 Å². The van der Waals surface area contributed by atoms with Gasteiger partial charge in [-0.1, -0.05) is 12.1 Å². The minimum atomic E-state index is -1.59. The Balaban J connectivity index is 1.98. The maximum Gasteiger partial charge on any atom is 0.245 e. The molecule has 2 radical (unpaired) electrons. The Morgan fingerprint density at radius 2 is 1.18 bits per heavy atom. The molecule has 2 heterocycles. The van der Waals surface area contributed by atoms with Gasteiger partial charge < -0.3 is 8.85 Å². The topological polar surface area (TPSA) is 18.5 Å². The van der Waals surface area contributed by atoms with Crippen molar-refractivity contribution in [3.05, 3.63) is 47.5 Å². The van der Waals surface area contributed by atoms with Crippen LogP contribution in [0.15, 0.2) is 24.3 Å². The van der Waals surface area contributed by atoms with Crippen LogP contribution in [0, 0.1) is 12.1 Å². The van der Waals surface area contributed by atoms with Crippen LogP contribution in [-0.4, -0.2) is 16.6 Å². The minimum Gasteiger partial charge on any atom is -0.544 e. The van der Waals surface area contributed by atoms with E-state index in [1.165, 1.54) is 12.1 Å². The van der Waals surface area contributed by atoms with E-state index in [9.17, 15) is 0 Å². The van der Waals surface area contributed by atoms with Crippen LogP contribution in [0.2, 0.25) is 38.3 Å². The number of hydrogen-bond donors (Lipinski definition) is 0. The van der Waals surface area contributed by atoms with Crippen molar-refractivity contribution in [2.75, 3.05) is 0 Å². The third kappa shape index (κ3) is 3.38. The maximum absolute atomic E-state index is 6.32. The van der Waals surface area contributed by atoms with Gasteiger partial charge in [0.05, 0.1) is 0 Å². The van der Waals surface area contributed by atoms with Crippen molar-refractivity contribution in [3.8, 4) is 0 Å². The molecule has 0 aliphatic carbocycles. The van der Waals surface area contributed by atoms with Gasteiger partial charge in [0.2, 0.25) is 16.6 Å². The lowest BCUT2D eigenvalue weighted by atomic mass is 10.0. The zero-order valence-electron chi connectivity index (χ0n) is 14.0. The predicted molar refractivity (Wildman–Crippen MR) is 96.1 cm³/mol. The summed E-state index contributed by atoms with van der Waals surface area (Å²) in [6, 6.07) is 12.9. The standard InChI is InChI=1S/C18H24O2Si2/c1-21(2)13-7-11-17(19-21)15-9-5-6-10-16(15)18-12-8-14-22(3,4)20-18/h5-6,11-12H,7-8,13-14H2,1-4H3. The molecule has 0 atom stereocenters. The summed E-state index contributed by atoms with van der Waals surface area (Å²) in [6.07, 6.45) is 6.59. The summed E-state index contributed by atoms with van der Waals surface area (Å²) in [6.45, 7) is 9.11. The number of hydrogen-bond acceptors (Lipinski definition) is 2. The van der Waals surface area contributed by atoms with Crippen LogP contribution in [0.3, 0.4) is 0 Å². The fourth-order valence-electron chi connectivity index (χ4n) is 2.97. The van der Waals surface area contributed by atoms with E-state index in [0.29, 0.717) is 0 Å². The molecule has 0 spiro atoms. The number of rotatable bonds is 2. The van der Waals surface area contributed by atoms with E-state index in [0.717, 1.165) is 35.5 Å². The normalized spacial score (nSPS) is 22.9. The predicted octanol–water partition coefficient (Wildman–Crippen LogP) is 5.22. The van der Waals surface area contributed by atoms with Gasteiger partial charge in [0, 0.05) is 11.1 Å². The third-order valence-electron chi connectivity index (χ3n) is 4.21. The molecule has 2 nitrogen and oxygen atoms in total. The van der Waals surface area contributed by atoms with Gasteiger partial charge in [-0.3, -0.25) is 0 Å². The summed E-state index contributed by atoms with van der Waals surface area (Å²) >= 11 is 0. The molecule has 22 heavy (non-hydrogen) atoms. The van der Waals surface area contributed by atoms with Gasteiger partial charge >= 0.3 is 0 Å². The van der Waals surface area contributed by atoms with Crippen LogP contribution < -0.4 is 0 Å². The first kappa shape index (κ1) is 15.6. The Morgan fingerprint density at radius 1 is 0.773 bits per heavy atom. The summed E-state index contributed by atoms with van der Waals surface area (Å²) in [7, 11) is -3.18. The maximum atomic E-state index is 6.32. The monoisotopic (exact) mass is 328 g/mol. The van der Waals surface area contributed by atoms with E-state index in [4.69, 9.17) is 8.85 Å². The highest BCUT2D eigenvalue weighted by atomic mass is 28.4. The number of benzene rings is 1. The summed E-state index contributed by atoms with van der Waals surface area (Å²) in [5.41, 5.74) is 2.03. The van der Waals surface area contributed by atoms with Crippen molar-refractivity contribution in [1.82, 2.24) is 0 Å². The van der Waals surface area contributed by atoms with Gasteiger partial charge in [0.1, 0.15) is 11.5 Å². The summed E-state index contributed by atoms with van der Waals surface area (Å²) in [5.74, 6) is 1.95. The molecule has 1 aromatic carbocycles. The molecule has 3 rings (SSSR count). The molecule has 0 saturated carbocycles. The Labute approximate surface area is 136 Å². The van der Waals surface area contributed by atoms with E-state index in [2.05, 4.69) is 50.5 Å². The van der Waals surface area contributed by atoms with Crippen LogP contribution in [-0.2, 0) is 8.85 Å². The zero-order chi connectivity index (χ0) is 15.8. The van der Waals surface area contributed by atoms with Crippen LogP contribution in [0.25, 0.3) is 11.5 Å². The fraction of sp³-hybridized carbons (Fsp3) is 0.444. The number of allylic oxidation sites excluding steroid dienone is 2. The van der Waals surface area contributed by atoms with E-state index in [1.807, 2.05) is 12.1 Å². The largest absolute Gasteiger partial charge is 0.544 e. The summed E-state index contributed by atoms with van der Waals surface area (Å²) < 4.78 is 12.6. The third-order valence-corrected chi connectivity index (χ3v) is 8.74. The van der Waals surface area contributed by atoms with Gasteiger partial charge in [0.15, 0.2) is 0 Å². The lowest BCUT2D eigenvalue weighted by Gasteiger charge is -2.33. The highest BCUT2D eigenvalue weighted by Crippen LogP contribution is 2.36.